The fraction of sp³-hybridized carbons (Fsp3) is 0.192. The number of ether oxygens (including phenoxy) is 1. The molecule has 0 spiro atoms. The van der Waals surface area contributed by atoms with E-state index in [9.17, 15) is 14.4 Å². The molecule has 5 rings (SSSR count). The number of nitrogens with zero attached hydrogens (tertiary/aromatic N) is 2. The lowest BCUT2D eigenvalue weighted by molar-refractivity contribution is -0.123. The van der Waals surface area contributed by atoms with Crippen LogP contribution in [0.5, 0.6) is 5.75 Å². The van der Waals surface area contributed by atoms with Crippen molar-refractivity contribution in [3.8, 4) is 5.75 Å². The first-order chi connectivity index (χ1) is 16.4. The van der Waals surface area contributed by atoms with Crippen LogP contribution in [0.1, 0.15) is 27.5 Å². The van der Waals surface area contributed by atoms with Crippen molar-refractivity contribution in [2.45, 2.75) is 19.0 Å². The van der Waals surface area contributed by atoms with Gasteiger partial charge in [0.1, 0.15) is 11.8 Å². The van der Waals surface area contributed by atoms with Crippen molar-refractivity contribution in [3.05, 3.63) is 94.0 Å². The van der Waals surface area contributed by atoms with E-state index in [4.69, 9.17) is 4.74 Å². The number of hydrogen-bond acceptors (Lipinski definition) is 5. The van der Waals surface area contributed by atoms with Crippen molar-refractivity contribution in [2.75, 3.05) is 12.0 Å². The Hall–Kier alpha value is -3.49. The molecule has 7 nitrogen and oxygen atoms in total. The summed E-state index contributed by atoms with van der Waals surface area (Å²) in [4.78, 5) is 42.1. The van der Waals surface area contributed by atoms with Gasteiger partial charge in [-0.3, -0.25) is 19.4 Å². The van der Waals surface area contributed by atoms with Gasteiger partial charge >= 0.3 is 0 Å². The highest BCUT2D eigenvalue weighted by molar-refractivity contribution is 9.10. The quantitative estimate of drug-likeness (QED) is 0.526. The van der Waals surface area contributed by atoms with E-state index in [-0.39, 0.29) is 11.8 Å². The van der Waals surface area contributed by atoms with Crippen molar-refractivity contribution in [2.24, 2.45) is 5.92 Å². The number of rotatable bonds is 4. The molecule has 3 aromatic rings. The number of hydrazine groups is 1. The smallest absolute Gasteiger partial charge is 0.268 e. The number of methoxy groups -OCH3 is 1. The predicted molar refractivity (Wildman–Crippen MR) is 130 cm³/mol. The maximum absolute atomic E-state index is 13.7. The molecule has 2 saturated heterocycles. The van der Waals surface area contributed by atoms with Crippen LogP contribution in [0.2, 0.25) is 0 Å². The van der Waals surface area contributed by atoms with Crippen LogP contribution < -0.4 is 15.1 Å². The number of carbonyl (C=O) groups is 3. The fourth-order valence-corrected chi connectivity index (χ4v) is 5.04. The van der Waals surface area contributed by atoms with E-state index in [1.54, 1.807) is 42.5 Å². The summed E-state index contributed by atoms with van der Waals surface area (Å²) in [5.74, 6) is -1.59. The van der Waals surface area contributed by atoms with E-state index in [2.05, 4.69) is 21.4 Å². The van der Waals surface area contributed by atoms with Crippen molar-refractivity contribution in [3.63, 3.8) is 0 Å². The highest BCUT2D eigenvalue weighted by atomic mass is 79.9. The molecule has 0 aliphatic carbocycles. The number of imide groups is 1. The molecule has 3 amide bonds. The van der Waals surface area contributed by atoms with Crippen LogP contribution in [0.3, 0.4) is 0 Å². The van der Waals surface area contributed by atoms with Gasteiger partial charge in [-0.15, -0.1) is 0 Å². The minimum Gasteiger partial charge on any atom is -0.495 e. The Balaban J connectivity index is 1.60. The standard InChI is InChI=1S/C26H22BrN3O4/c1-15-10-12-16(13-11-15)22-21-23(30(28-22)24(31)17-6-5-7-18(27)14-17)26(33)29(25(21)32)19-8-3-4-9-20(19)34-2/h3-14,21-23,28H,1-2H3/t21-,22-,23-/m1/s1. The lowest BCUT2D eigenvalue weighted by atomic mass is 9.90. The fourth-order valence-electron chi connectivity index (χ4n) is 4.64. The Morgan fingerprint density at radius 1 is 0.971 bits per heavy atom. The Morgan fingerprint density at radius 2 is 1.71 bits per heavy atom. The van der Waals surface area contributed by atoms with E-state index in [0.717, 1.165) is 20.5 Å². The first-order valence-electron chi connectivity index (χ1n) is 10.8. The summed E-state index contributed by atoms with van der Waals surface area (Å²) in [7, 11) is 1.49. The van der Waals surface area contributed by atoms with Gasteiger partial charge in [0.05, 0.1) is 24.8 Å². The number of carbonyl (C=O) groups excluding carboxylic acids is 3. The van der Waals surface area contributed by atoms with Crippen molar-refractivity contribution >= 4 is 39.3 Å². The number of benzene rings is 3. The Labute approximate surface area is 205 Å². The van der Waals surface area contributed by atoms with E-state index in [1.807, 2.05) is 37.3 Å². The number of halogens is 1. The summed E-state index contributed by atoms with van der Waals surface area (Å²) in [6.07, 6.45) is 0. The average molecular weight is 520 g/mol. The predicted octanol–water partition coefficient (Wildman–Crippen LogP) is 4.03. The van der Waals surface area contributed by atoms with Gasteiger partial charge in [0.2, 0.25) is 5.91 Å². The van der Waals surface area contributed by atoms with Crippen molar-refractivity contribution < 1.29 is 19.1 Å². The molecular formula is C26H22BrN3O4. The van der Waals surface area contributed by atoms with Crippen LogP contribution in [0.4, 0.5) is 5.69 Å². The molecule has 3 atom stereocenters. The number of aryl methyl sites for hydroxylation is 1. The third-order valence-electron chi connectivity index (χ3n) is 6.29. The lowest BCUT2D eigenvalue weighted by Gasteiger charge is -2.26. The van der Waals surface area contributed by atoms with Crippen LogP contribution in [-0.2, 0) is 9.59 Å². The normalized spacial score (nSPS) is 21.7. The zero-order chi connectivity index (χ0) is 24.0. The molecule has 0 unspecified atom stereocenters. The van der Waals surface area contributed by atoms with Gasteiger partial charge in [-0.1, -0.05) is 64.0 Å². The van der Waals surface area contributed by atoms with E-state index in [0.29, 0.717) is 17.0 Å². The Kier molecular flexibility index (Phi) is 5.71. The number of nitrogens with one attached hydrogen (secondary N) is 1. The summed E-state index contributed by atoms with van der Waals surface area (Å²) in [6, 6.07) is 20.0. The number of fused-ring (bicyclic) bond motifs is 1. The summed E-state index contributed by atoms with van der Waals surface area (Å²) in [5, 5.41) is 1.31. The molecule has 2 aliphatic heterocycles. The molecule has 172 valence electrons. The molecule has 8 heteroatoms. The van der Waals surface area contributed by atoms with Gasteiger partial charge in [0.15, 0.2) is 0 Å². The Morgan fingerprint density at radius 3 is 2.41 bits per heavy atom. The second-order valence-corrected chi connectivity index (χ2v) is 9.27. The monoisotopic (exact) mass is 519 g/mol. The van der Waals surface area contributed by atoms with Crippen LogP contribution >= 0.6 is 15.9 Å². The van der Waals surface area contributed by atoms with Gasteiger partial charge in [-0.2, -0.15) is 0 Å². The summed E-state index contributed by atoms with van der Waals surface area (Å²) < 4.78 is 6.15. The lowest BCUT2D eigenvalue weighted by Crippen LogP contribution is -2.48. The molecule has 3 aromatic carbocycles. The second-order valence-electron chi connectivity index (χ2n) is 8.36. The van der Waals surface area contributed by atoms with Crippen LogP contribution in [-0.4, -0.2) is 35.9 Å². The molecule has 0 bridgehead atoms. The molecule has 1 N–H and O–H groups in total. The van der Waals surface area contributed by atoms with E-state index in [1.165, 1.54) is 12.1 Å². The zero-order valence-electron chi connectivity index (χ0n) is 18.6. The molecular weight excluding hydrogens is 498 g/mol. The van der Waals surface area contributed by atoms with Crippen LogP contribution in [0, 0.1) is 12.8 Å². The van der Waals surface area contributed by atoms with Gasteiger partial charge in [0.25, 0.3) is 11.8 Å². The SMILES string of the molecule is COc1ccccc1N1C(=O)[C@@H]2[C@@H](c3ccc(C)cc3)NN(C(=O)c3cccc(Br)c3)[C@H]2C1=O. The summed E-state index contributed by atoms with van der Waals surface area (Å²) >= 11 is 3.39. The molecule has 34 heavy (non-hydrogen) atoms. The van der Waals surface area contributed by atoms with Gasteiger partial charge in [0, 0.05) is 10.0 Å². The molecule has 0 radical (unpaired) electrons. The largest absolute Gasteiger partial charge is 0.495 e. The number of amides is 3. The first-order valence-corrected chi connectivity index (χ1v) is 11.6. The number of hydrogen-bond donors (Lipinski definition) is 1. The summed E-state index contributed by atoms with van der Waals surface area (Å²) in [5.41, 5.74) is 5.85. The molecule has 2 heterocycles. The van der Waals surface area contributed by atoms with E-state index < -0.39 is 23.9 Å². The maximum Gasteiger partial charge on any atom is 0.268 e. The maximum atomic E-state index is 13.7. The highest BCUT2D eigenvalue weighted by Gasteiger charge is 2.60. The molecule has 2 aliphatic rings. The topological polar surface area (TPSA) is 79.0 Å². The van der Waals surface area contributed by atoms with Crippen molar-refractivity contribution in [1.29, 1.82) is 0 Å². The van der Waals surface area contributed by atoms with Crippen LogP contribution in [0.15, 0.2) is 77.3 Å². The second kappa shape index (κ2) is 8.70. The highest BCUT2D eigenvalue weighted by Crippen LogP contribution is 2.44. The van der Waals surface area contributed by atoms with Gasteiger partial charge < -0.3 is 4.74 Å². The molecule has 0 saturated carbocycles. The van der Waals surface area contributed by atoms with E-state index >= 15 is 0 Å². The number of para-hydroxylation sites is 2. The summed E-state index contributed by atoms with van der Waals surface area (Å²) in [6.45, 7) is 1.98. The molecule has 0 aromatic heterocycles. The molecule has 2 fully saturated rings. The van der Waals surface area contributed by atoms with Gasteiger partial charge in [-0.25, -0.2) is 10.3 Å². The first kappa shape index (κ1) is 22.3. The van der Waals surface area contributed by atoms with Gasteiger partial charge in [-0.05, 0) is 42.8 Å². The average Bonchev–Trinajstić information content (AvgIpc) is 3.35. The third-order valence-corrected chi connectivity index (χ3v) is 6.78. The zero-order valence-corrected chi connectivity index (χ0v) is 20.2. The Bertz CT molecular complexity index is 1290. The van der Waals surface area contributed by atoms with Crippen molar-refractivity contribution in [1.82, 2.24) is 10.4 Å². The third kappa shape index (κ3) is 3.59. The minimum absolute atomic E-state index is 0.368. The van der Waals surface area contributed by atoms with Crippen LogP contribution in [0.25, 0.3) is 0 Å². The number of anilines is 1. The minimum atomic E-state index is -0.991.